The van der Waals surface area contributed by atoms with E-state index in [-0.39, 0.29) is 18.7 Å². The molecule has 1 aromatic heterocycles. The molecular formula is C17H19N5O7. The Balaban J connectivity index is 1.56. The van der Waals surface area contributed by atoms with Crippen LogP contribution in [0.25, 0.3) is 0 Å². The van der Waals surface area contributed by atoms with Crippen LogP contribution in [0.1, 0.15) is 18.2 Å². The van der Waals surface area contributed by atoms with Crippen LogP contribution in [0.2, 0.25) is 0 Å². The number of carbonyl (C=O) groups excluding carboxylic acids is 1. The Morgan fingerprint density at radius 2 is 2.07 bits per heavy atom. The van der Waals surface area contributed by atoms with Gasteiger partial charge in [0.05, 0.1) is 11.0 Å². The first-order chi connectivity index (χ1) is 13.7. The molecule has 1 saturated heterocycles. The molecule has 12 heteroatoms. The van der Waals surface area contributed by atoms with Crippen LogP contribution in [0, 0.1) is 17.0 Å². The number of aliphatic hydroxyl groups is 1. The summed E-state index contributed by atoms with van der Waals surface area (Å²) < 4.78 is 6.84. The Hall–Kier alpha value is -3.51. The number of nitro benzene ring substituents is 1. The quantitative estimate of drug-likeness (QED) is 0.407. The second-order valence-corrected chi connectivity index (χ2v) is 6.55. The van der Waals surface area contributed by atoms with E-state index < -0.39 is 40.6 Å². The van der Waals surface area contributed by atoms with Gasteiger partial charge in [-0.25, -0.2) is 9.59 Å². The number of non-ortho nitro benzene ring substituents is 1. The molecule has 0 spiro atoms. The Bertz CT molecular complexity index is 1030. The number of nitrogens with one attached hydrogen (secondary N) is 3. The number of rotatable bonds is 5. The van der Waals surface area contributed by atoms with Gasteiger partial charge in [0.1, 0.15) is 12.3 Å². The van der Waals surface area contributed by atoms with E-state index in [0.717, 1.165) is 0 Å². The second-order valence-electron chi connectivity index (χ2n) is 6.55. The van der Waals surface area contributed by atoms with Crippen LogP contribution >= 0.6 is 0 Å². The highest BCUT2D eigenvalue weighted by atomic mass is 16.6. The lowest BCUT2D eigenvalue weighted by atomic mass is 10.2. The number of nitro groups is 1. The van der Waals surface area contributed by atoms with Crippen LogP contribution in [0.5, 0.6) is 0 Å². The summed E-state index contributed by atoms with van der Waals surface area (Å²) in [5, 5.41) is 25.8. The van der Waals surface area contributed by atoms with Gasteiger partial charge in [-0.1, -0.05) is 0 Å². The smallest absolute Gasteiger partial charge is 0.330 e. The zero-order valence-corrected chi connectivity index (χ0v) is 15.3. The number of aromatic nitrogens is 2. The number of anilines is 1. The number of hydrogen-bond donors (Lipinski definition) is 4. The fourth-order valence-electron chi connectivity index (χ4n) is 2.90. The highest BCUT2D eigenvalue weighted by Crippen LogP contribution is 2.27. The van der Waals surface area contributed by atoms with Gasteiger partial charge < -0.3 is 20.5 Å². The van der Waals surface area contributed by atoms with Crippen LogP contribution in [0.15, 0.2) is 40.1 Å². The highest BCUT2D eigenvalue weighted by molar-refractivity contribution is 5.89. The van der Waals surface area contributed by atoms with E-state index >= 15 is 0 Å². The first-order valence-corrected chi connectivity index (χ1v) is 8.69. The van der Waals surface area contributed by atoms with E-state index in [4.69, 9.17) is 4.74 Å². The number of urea groups is 1. The van der Waals surface area contributed by atoms with Crippen molar-refractivity contribution >= 4 is 17.4 Å². The molecule has 3 atom stereocenters. The molecule has 154 valence electrons. The summed E-state index contributed by atoms with van der Waals surface area (Å²) in [4.78, 5) is 47.7. The molecule has 2 heterocycles. The third-order valence-electron chi connectivity index (χ3n) is 4.46. The Morgan fingerprint density at radius 1 is 1.38 bits per heavy atom. The van der Waals surface area contributed by atoms with Crippen molar-refractivity contribution in [2.45, 2.75) is 31.8 Å². The summed E-state index contributed by atoms with van der Waals surface area (Å²) in [7, 11) is 0. The molecule has 12 nitrogen and oxygen atoms in total. The van der Waals surface area contributed by atoms with E-state index in [1.165, 1.54) is 35.0 Å². The van der Waals surface area contributed by atoms with E-state index in [1.807, 2.05) is 0 Å². The number of aryl methyl sites for hydroxylation is 1. The van der Waals surface area contributed by atoms with E-state index in [9.17, 15) is 29.6 Å². The number of benzene rings is 1. The van der Waals surface area contributed by atoms with E-state index in [0.29, 0.717) is 11.3 Å². The van der Waals surface area contributed by atoms with Gasteiger partial charge in [-0.15, -0.1) is 0 Å². The van der Waals surface area contributed by atoms with Gasteiger partial charge in [0.25, 0.3) is 11.2 Å². The minimum atomic E-state index is -0.932. The predicted molar refractivity (Wildman–Crippen MR) is 101 cm³/mol. The van der Waals surface area contributed by atoms with Crippen LogP contribution in [0.3, 0.4) is 0 Å². The monoisotopic (exact) mass is 405 g/mol. The Morgan fingerprint density at radius 3 is 2.72 bits per heavy atom. The highest BCUT2D eigenvalue weighted by Gasteiger charge is 2.35. The van der Waals surface area contributed by atoms with Crippen molar-refractivity contribution in [2.75, 3.05) is 11.9 Å². The van der Waals surface area contributed by atoms with Crippen molar-refractivity contribution in [2.24, 2.45) is 0 Å². The fraction of sp³-hybridized carbons (Fsp3) is 0.353. The Kier molecular flexibility index (Phi) is 5.75. The minimum absolute atomic E-state index is 0.0342. The van der Waals surface area contributed by atoms with Crippen LogP contribution in [0.4, 0.5) is 16.2 Å². The van der Waals surface area contributed by atoms with Crippen molar-refractivity contribution in [3.63, 3.8) is 0 Å². The molecule has 29 heavy (non-hydrogen) atoms. The van der Waals surface area contributed by atoms with E-state index in [1.54, 1.807) is 6.92 Å². The standard InChI is InChI=1S/C17H19N5O7/c1-9-8-21(17(26)20-15(9)24)14-6-12(23)13(29-14)7-18-16(25)19-10-2-4-11(5-3-10)22(27)28/h2-5,8,12-14,23H,6-7H2,1H3,(H2,18,19,25)(H,20,24,26)/t12-,13+,14-/m0/s1. The summed E-state index contributed by atoms with van der Waals surface area (Å²) in [6.07, 6.45) is -1.00. The van der Waals surface area contributed by atoms with Crippen molar-refractivity contribution in [3.05, 3.63) is 67.0 Å². The number of amides is 2. The van der Waals surface area contributed by atoms with Crippen LogP contribution in [-0.2, 0) is 4.74 Å². The Labute approximate surface area is 163 Å². The van der Waals surface area contributed by atoms with Crippen LogP contribution < -0.4 is 21.9 Å². The molecule has 0 unspecified atom stereocenters. The van der Waals surface area contributed by atoms with Gasteiger partial charge in [-0.05, 0) is 19.1 Å². The van der Waals surface area contributed by atoms with E-state index in [2.05, 4.69) is 15.6 Å². The normalized spacial score (nSPS) is 21.0. The minimum Gasteiger partial charge on any atom is -0.390 e. The van der Waals surface area contributed by atoms with Crippen LogP contribution in [-0.4, -0.2) is 44.4 Å². The lowest BCUT2D eigenvalue weighted by molar-refractivity contribution is -0.384. The molecule has 1 aliphatic heterocycles. The number of nitrogens with zero attached hydrogens (tertiary/aromatic N) is 2. The first kappa shape index (κ1) is 20.2. The average molecular weight is 405 g/mol. The number of carbonyl (C=O) groups is 1. The third-order valence-corrected chi connectivity index (χ3v) is 4.46. The van der Waals surface area contributed by atoms with Crippen molar-refractivity contribution in [3.8, 4) is 0 Å². The number of ether oxygens (including phenoxy) is 1. The maximum atomic E-state index is 12.0. The number of H-pyrrole nitrogens is 1. The SMILES string of the molecule is Cc1cn([C@@H]2C[C@H](O)[C@@H](CNC(=O)Nc3ccc([N+](=O)[O-])cc3)O2)c(=O)[nH]c1=O. The number of aliphatic hydroxyl groups excluding tert-OH is 1. The zero-order chi connectivity index (χ0) is 21.1. The zero-order valence-electron chi connectivity index (χ0n) is 15.3. The van der Waals surface area contributed by atoms with Crippen molar-refractivity contribution in [1.82, 2.24) is 14.9 Å². The summed E-state index contributed by atoms with van der Waals surface area (Å²) in [5.74, 6) is 0. The van der Waals surface area contributed by atoms with Crippen molar-refractivity contribution in [1.29, 1.82) is 0 Å². The maximum Gasteiger partial charge on any atom is 0.330 e. The molecule has 1 aromatic carbocycles. The van der Waals surface area contributed by atoms with Gasteiger partial charge in [-0.3, -0.25) is 24.5 Å². The van der Waals surface area contributed by atoms with Gasteiger partial charge in [0.15, 0.2) is 0 Å². The number of hydrogen-bond acceptors (Lipinski definition) is 7. The first-order valence-electron chi connectivity index (χ1n) is 8.69. The third kappa shape index (κ3) is 4.67. The molecule has 3 rings (SSSR count). The fourth-order valence-corrected chi connectivity index (χ4v) is 2.90. The molecule has 0 saturated carbocycles. The molecule has 1 aliphatic rings. The number of aromatic amines is 1. The van der Waals surface area contributed by atoms with Crippen molar-refractivity contribution < 1.29 is 19.6 Å². The second kappa shape index (κ2) is 8.24. The largest absolute Gasteiger partial charge is 0.390 e. The molecule has 1 fully saturated rings. The molecule has 0 radical (unpaired) electrons. The summed E-state index contributed by atoms with van der Waals surface area (Å²) in [6.45, 7) is 1.51. The van der Waals surface area contributed by atoms with Gasteiger partial charge in [0, 0.05) is 42.5 Å². The molecule has 0 bridgehead atoms. The topological polar surface area (TPSA) is 169 Å². The molecule has 2 amide bonds. The summed E-state index contributed by atoms with van der Waals surface area (Å²) >= 11 is 0. The lowest BCUT2D eigenvalue weighted by Crippen LogP contribution is -2.39. The summed E-state index contributed by atoms with van der Waals surface area (Å²) in [5.41, 5.74) is -0.564. The average Bonchev–Trinajstić information content (AvgIpc) is 3.04. The lowest BCUT2D eigenvalue weighted by Gasteiger charge is -2.17. The van der Waals surface area contributed by atoms with Gasteiger partial charge in [-0.2, -0.15) is 0 Å². The molecule has 2 aromatic rings. The molecular weight excluding hydrogens is 386 g/mol. The molecule has 4 N–H and O–H groups in total. The molecule has 0 aliphatic carbocycles. The maximum absolute atomic E-state index is 12.0. The van der Waals surface area contributed by atoms with Gasteiger partial charge >= 0.3 is 11.7 Å². The summed E-state index contributed by atoms with van der Waals surface area (Å²) in [6, 6.07) is 4.70. The predicted octanol–water partition coefficient (Wildman–Crippen LogP) is 0.223. The van der Waals surface area contributed by atoms with Gasteiger partial charge in [0.2, 0.25) is 0 Å².